The van der Waals surface area contributed by atoms with Crippen LogP contribution in [0.3, 0.4) is 0 Å². The van der Waals surface area contributed by atoms with E-state index in [1.54, 1.807) is 42.5 Å². The first kappa shape index (κ1) is 18.0. The molecule has 0 saturated carbocycles. The van der Waals surface area contributed by atoms with E-state index in [4.69, 9.17) is 34.8 Å². The Kier molecular flexibility index (Phi) is 5.80. The first-order valence-electron chi connectivity index (χ1n) is 6.10. The quantitative estimate of drug-likeness (QED) is 0.688. The van der Waals surface area contributed by atoms with Crippen molar-refractivity contribution in [3.8, 4) is 0 Å². The average Bonchev–Trinajstić information content (AvgIpc) is 2.46. The summed E-state index contributed by atoms with van der Waals surface area (Å²) in [4.78, 5) is 0.103. The topological polar surface area (TPSA) is 46.2 Å². The largest absolute Gasteiger partial charge is 0.241 e. The van der Waals surface area contributed by atoms with Crippen LogP contribution in [0.5, 0.6) is 0 Å². The summed E-state index contributed by atoms with van der Waals surface area (Å²) < 4.78 is 26.3. The second-order valence-electron chi connectivity index (χ2n) is 4.46. The molecule has 0 amide bonds. The fourth-order valence-electron chi connectivity index (χ4n) is 1.80. The Morgan fingerprint density at radius 1 is 0.955 bits per heavy atom. The van der Waals surface area contributed by atoms with Crippen molar-refractivity contribution in [3.05, 3.63) is 64.6 Å². The molecule has 0 aliphatic heterocycles. The lowest BCUT2D eigenvalue weighted by molar-refractivity contribution is 0.558. The molecule has 2 aromatic carbocycles. The molecule has 1 N–H and O–H groups in total. The van der Waals surface area contributed by atoms with Crippen LogP contribution < -0.4 is 4.72 Å². The van der Waals surface area contributed by atoms with Crippen molar-refractivity contribution in [2.45, 2.75) is 14.7 Å². The van der Waals surface area contributed by atoms with E-state index in [-0.39, 0.29) is 4.90 Å². The maximum absolute atomic E-state index is 12.4. The Morgan fingerprint density at radius 2 is 1.50 bits per heavy atom. The zero-order valence-electron chi connectivity index (χ0n) is 11.0. The number of alkyl halides is 3. The minimum absolute atomic E-state index is 0.103. The van der Waals surface area contributed by atoms with Gasteiger partial charge in [0, 0.05) is 4.47 Å². The summed E-state index contributed by atoms with van der Waals surface area (Å²) in [6.45, 7) is 0. The molecule has 118 valence electrons. The van der Waals surface area contributed by atoms with Crippen molar-refractivity contribution < 1.29 is 8.42 Å². The van der Waals surface area contributed by atoms with Crippen molar-refractivity contribution in [1.82, 2.24) is 4.72 Å². The van der Waals surface area contributed by atoms with E-state index in [0.717, 1.165) is 4.47 Å². The van der Waals surface area contributed by atoms with Gasteiger partial charge in [-0.2, -0.15) is 4.72 Å². The summed E-state index contributed by atoms with van der Waals surface area (Å²) in [5.41, 5.74) is 0.544. The van der Waals surface area contributed by atoms with E-state index in [0.29, 0.717) is 5.56 Å². The van der Waals surface area contributed by atoms with Crippen LogP contribution >= 0.6 is 50.7 Å². The first-order chi connectivity index (χ1) is 10.2. The van der Waals surface area contributed by atoms with Gasteiger partial charge in [0.25, 0.3) is 0 Å². The highest BCUT2D eigenvalue weighted by Gasteiger charge is 2.37. The number of hydrogen-bond acceptors (Lipinski definition) is 2. The second-order valence-corrected chi connectivity index (χ2v) is 9.46. The van der Waals surface area contributed by atoms with Gasteiger partial charge >= 0.3 is 0 Å². The van der Waals surface area contributed by atoms with E-state index < -0.39 is 19.9 Å². The number of hydrogen-bond donors (Lipinski definition) is 1. The van der Waals surface area contributed by atoms with E-state index in [2.05, 4.69) is 20.7 Å². The molecule has 0 aliphatic carbocycles. The van der Waals surface area contributed by atoms with Crippen LogP contribution in [0, 0.1) is 0 Å². The molecule has 0 radical (unpaired) electrons. The Hall–Kier alpha value is -0.300. The average molecular weight is 444 g/mol. The molecular weight excluding hydrogens is 432 g/mol. The van der Waals surface area contributed by atoms with Crippen LogP contribution in [0.1, 0.15) is 11.6 Å². The molecule has 22 heavy (non-hydrogen) atoms. The summed E-state index contributed by atoms with van der Waals surface area (Å²) in [6.07, 6.45) is 0. The highest BCUT2D eigenvalue weighted by Crippen LogP contribution is 2.40. The van der Waals surface area contributed by atoms with Gasteiger partial charge in [0.15, 0.2) is 0 Å². The molecule has 0 heterocycles. The lowest BCUT2D eigenvalue weighted by Gasteiger charge is -2.26. The number of nitrogens with one attached hydrogen (secondary N) is 1. The molecule has 0 fully saturated rings. The van der Waals surface area contributed by atoms with Crippen LogP contribution in [0.15, 0.2) is 64.0 Å². The molecular formula is C14H11BrCl3NO2S. The van der Waals surface area contributed by atoms with Gasteiger partial charge in [-0.3, -0.25) is 0 Å². The second kappa shape index (κ2) is 7.07. The zero-order valence-corrected chi connectivity index (χ0v) is 15.7. The van der Waals surface area contributed by atoms with Gasteiger partial charge in [-0.1, -0.05) is 81.1 Å². The van der Waals surface area contributed by atoms with Crippen LogP contribution in [0.4, 0.5) is 0 Å². The molecule has 2 aromatic rings. The van der Waals surface area contributed by atoms with Gasteiger partial charge in [-0.15, -0.1) is 0 Å². The first-order valence-corrected chi connectivity index (χ1v) is 9.51. The van der Waals surface area contributed by atoms with Crippen LogP contribution in [0.2, 0.25) is 0 Å². The van der Waals surface area contributed by atoms with Crippen LogP contribution in [-0.4, -0.2) is 12.2 Å². The Balaban J connectivity index is 2.38. The van der Waals surface area contributed by atoms with E-state index in [9.17, 15) is 8.42 Å². The molecule has 1 atom stereocenters. The van der Waals surface area contributed by atoms with Gasteiger partial charge in [0.1, 0.15) is 0 Å². The fraction of sp³-hybridized carbons (Fsp3) is 0.143. The molecule has 0 aromatic heterocycles. The van der Waals surface area contributed by atoms with Gasteiger partial charge < -0.3 is 0 Å². The Morgan fingerprint density at radius 3 is 2.00 bits per heavy atom. The lowest BCUT2D eigenvalue weighted by atomic mass is 10.1. The fourth-order valence-corrected chi connectivity index (χ4v) is 4.08. The van der Waals surface area contributed by atoms with Crippen molar-refractivity contribution in [2.24, 2.45) is 0 Å². The summed E-state index contributed by atoms with van der Waals surface area (Å²) >= 11 is 21.2. The minimum atomic E-state index is -3.82. The lowest BCUT2D eigenvalue weighted by Crippen LogP contribution is -2.36. The normalized spacial score (nSPS) is 13.8. The molecule has 2 rings (SSSR count). The van der Waals surface area contributed by atoms with Crippen molar-refractivity contribution in [1.29, 1.82) is 0 Å². The molecule has 0 saturated heterocycles. The summed E-state index contributed by atoms with van der Waals surface area (Å²) in [5, 5.41) is 0. The van der Waals surface area contributed by atoms with Crippen LogP contribution in [0.25, 0.3) is 0 Å². The Labute approximate surface area is 152 Å². The predicted molar refractivity (Wildman–Crippen MR) is 93.9 cm³/mol. The SMILES string of the molecule is O=S(=O)(NC(c1ccc(Br)cc1)C(Cl)(Cl)Cl)c1ccccc1. The van der Waals surface area contributed by atoms with E-state index in [1.807, 2.05) is 0 Å². The zero-order chi connectivity index (χ0) is 16.4. The third kappa shape index (κ3) is 4.60. The third-order valence-electron chi connectivity index (χ3n) is 2.86. The smallest absolute Gasteiger partial charge is 0.207 e. The number of sulfonamides is 1. The highest BCUT2D eigenvalue weighted by atomic mass is 79.9. The molecule has 0 spiro atoms. The summed E-state index contributed by atoms with van der Waals surface area (Å²) in [6, 6.07) is 13.8. The van der Waals surface area contributed by atoms with Gasteiger partial charge in [0.2, 0.25) is 13.8 Å². The summed E-state index contributed by atoms with van der Waals surface area (Å²) in [5.74, 6) is 0. The van der Waals surface area contributed by atoms with E-state index >= 15 is 0 Å². The number of halogens is 4. The standard InChI is InChI=1S/C14H11BrCl3NO2S/c15-11-8-6-10(7-9-11)13(14(16,17)18)19-22(20,21)12-4-2-1-3-5-12/h1-9,13,19H. The minimum Gasteiger partial charge on any atom is -0.207 e. The summed E-state index contributed by atoms with van der Waals surface area (Å²) in [7, 11) is -3.82. The van der Waals surface area contributed by atoms with Gasteiger partial charge in [0.05, 0.1) is 10.9 Å². The molecule has 0 aliphatic rings. The van der Waals surface area contributed by atoms with Crippen molar-refractivity contribution in [2.75, 3.05) is 0 Å². The Bertz CT molecular complexity index is 731. The monoisotopic (exact) mass is 441 g/mol. The van der Waals surface area contributed by atoms with Crippen LogP contribution in [-0.2, 0) is 10.0 Å². The molecule has 1 unspecified atom stereocenters. The molecule has 8 heteroatoms. The highest BCUT2D eigenvalue weighted by molar-refractivity contribution is 9.10. The van der Waals surface area contributed by atoms with E-state index in [1.165, 1.54) is 12.1 Å². The number of benzene rings is 2. The van der Waals surface area contributed by atoms with Crippen molar-refractivity contribution >= 4 is 60.8 Å². The number of rotatable bonds is 4. The maximum Gasteiger partial charge on any atom is 0.241 e. The predicted octanol–water partition coefficient (Wildman–Crippen LogP) is 4.84. The molecule has 3 nitrogen and oxygen atoms in total. The van der Waals surface area contributed by atoms with Gasteiger partial charge in [-0.05, 0) is 29.8 Å². The van der Waals surface area contributed by atoms with Crippen molar-refractivity contribution in [3.63, 3.8) is 0 Å². The maximum atomic E-state index is 12.4. The third-order valence-corrected chi connectivity index (χ3v) is 5.48. The molecule has 0 bridgehead atoms. The van der Waals surface area contributed by atoms with Gasteiger partial charge in [-0.25, -0.2) is 8.42 Å².